The normalized spacial score (nSPS) is 14.3. The quantitative estimate of drug-likeness (QED) is 0.828. The smallest absolute Gasteiger partial charge is 0.0540 e. The lowest BCUT2D eigenvalue weighted by atomic mass is 9.82. The third kappa shape index (κ3) is 2.59. The number of nitrogens with one attached hydrogen (secondary N) is 1. The van der Waals surface area contributed by atoms with Gasteiger partial charge in [-0.3, -0.25) is 4.68 Å². The van der Waals surface area contributed by atoms with Crippen molar-refractivity contribution in [1.29, 1.82) is 0 Å². The second-order valence-electron chi connectivity index (χ2n) is 5.17. The highest BCUT2D eigenvalue weighted by molar-refractivity contribution is 5.22. The maximum Gasteiger partial charge on any atom is 0.0540 e. The van der Waals surface area contributed by atoms with Gasteiger partial charge in [-0.2, -0.15) is 5.10 Å². The third-order valence-electron chi connectivity index (χ3n) is 2.86. The first-order valence-electron chi connectivity index (χ1n) is 5.59. The number of aromatic nitrogens is 2. The first-order valence-corrected chi connectivity index (χ1v) is 5.59. The number of hydrogen-bond donors (Lipinski definition) is 1. The highest BCUT2D eigenvalue weighted by Gasteiger charge is 2.27. The molecule has 1 unspecified atom stereocenters. The first-order chi connectivity index (χ1) is 6.88. The van der Waals surface area contributed by atoms with Crippen LogP contribution in [-0.4, -0.2) is 16.3 Å². The molecule has 0 aromatic carbocycles. The topological polar surface area (TPSA) is 29.9 Å². The van der Waals surface area contributed by atoms with Crippen molar-refractivity contribution in [2.45, 2.75) is 40.7 Å². The van der Waals surface area contributed by atoms with Crippen LogP contribution in [0.5, 0.6) is 0 Å². The Morgan fingerprint density at radius 3 is 2.40 bits per heavy atom. The Morgan fingerprint density at radius 1 is 1.47 bits per heavy atom. The maximum atomic E-state index is 4.31. The van der Waals surface area contributed by atoms with Crippen LogP contribution in [0.1, 0.15) is 45.0 Å². The Bertz CT molecular complexity index is 320. The van der Waals surface area contributed by atoms with Crippen LogP contribution in [0.15, 0.2) is 6.20 Å². The van der Waals surface area contributed by atoms with Crippen LogP contribution in [0, 0.1) is 12.3 Å². The highest BCUT2D eigenvalue weighted by atomic mass is 15.3. The van der Waals surface area contributed by atoms with Crippen molar-refractivity contribution in [3.05, 3.63) is 17.5 Å². The van der Waals surface area contributed by atoms with E-state index in [0.29, 0.717) is 6.04 Å². The molecular formula is C12H23N3. The van der Waals surface area contributed by atoms with E-state index in [1.165, 1.54) is 11.3 Å². The fourth-order valence-corrected chi connectivity index (χ4v) is 1.89. The van der Waals surface area contributed by atoms with Crippen LogP contribution in [-0.2, 0) is 7.05 Å². The summed E-state index contributed by atoms with van der Waals surface area (Å²) >= 11 is 0. The van der Waals surface area contributed by atoms with E-state index in [-0.39, 0.29) is 5.41 Å². The van der Waals surface area contributed by atoms with Crippen LogP contribution in [0.4, 0.5) is 0 Å². The number of nitrogens with zero attached hydrogens (tertiary/aromatic N) is 2. The van der Waals surface area contributed by atoms with Gasteiger partial charge < -0.3 is 5.32 Å². The zero-order valence-electron chi connectivity index (χ0n) is 10.8. The van der Waals surface area contributed by atoms with E-state index in [0.717, 1.165) is 6.54 Å². The summed E-state index contributed by atoms with van der Waals surface area (Å²) in [5.41, 5.74) is 2.77. The molecule has 0 bridgehead atoms. The minimum Gasteiger partial charge on any atom is -0.310 e. The first kappa shape index (κ1) is 12.2. The summed E-state index contributed by atoms with van der Waals surface area (Å²) in [7, 11) is 1.99. The molecule has 1 atom stereocenters. The summed E-state index contributed by atoms with van der Waals surface area (Å²) in [6.07, 6.45) is 1.98. The van der Waals surface area contributed by atoms with E-state index >= 15 is 0 Å². The van der Waals surface area contributed by atoms with Gasteiger partial charge in [-0.05, 0) is 18.9 Å². The fraction of sp³-hybridized carbons (Fsp3) is 0.750. The van der Waals surface area contributed by atoms with Crippen LogP contribution >= 0.6 is 0 Å². The molecule has 0 saturated carbocycles. The standard InChI is InChI=1S/C12H23N3/c1-7-13-11(12(3,4)5)10-8-14-15(6)9(10)2/h8,11,13H,7H2,1-6H3. The van der Waals surface area contributed by atoms with Crippen molar-refractivity contribution >= 4 is 0 Å². The maximum absolute atomic E-state index is 4.31. The summed E-state index contributed by atoms with van der Waals surface area (Å²) in [4.78, 5) is 0. The van der Waals surface area contributed by atoms with Crippen molar-refractivity contribution in [2.24, 2.45) is 12.5 Å². The Kier molecular flexibility index (Phi) is 3.55. The Hall–Kier alpha value is -0.830. The molecule has 1 aromatic rings. The van der Waals surface area contributed by atoms with Crippen molar-refractivity contribution in [3.63, 3.8) is 0 Å². The lowest BCUT2D eigenvalue weighted by Gasteiger charge is -2.31. The van der Waals surface area contributed by atoms with Gasteiger partial charge in [0.1, 0.15) is 0 Å². The number of hydrogen-bond acceptors (Lipinski definition) is 2. The minimum atomic E-state index is 0.212. The molecule has 15 heavy (non-hydrogen) atoms. The molecule has 86 valence electrons. The van der Waals surface area contributed by atoms with Gasteiger partial charge in [0, 0.05) is 24.3 Å². The van der Waals surface area contributed by atoms with E-state index in [4.69, 9.17) is 0 Å². The summed E-state index contributed by atoms with van der Waals surface area (Å²) < 4.78 is 1.94. The average Bonchev–Trinajstić information content (AvgIpc) is 2.43. The summed E-state index contributed by atoms with van der Waals surface area (Å²) in [5, 5.41) is 7.85. The molecule has 0 aliphatic heterocycles. The van der Waals surface area contributed by atoms with E-state index in [1.807, 2.05) is 17.9 Å². The molecule has 3 heteroatoms. The second kappa shape index (κ2) is 4.35. The molecule has 1 aromatic heterocycles. The van der Waals surface area contributed by atoms with Crippen LogP contribution in [0.3, 0.4) is 0 Å². The van der Waals surface area contributed by atoms with Crippen molar-refractivity contribution in [3.8, 4) is 0 Å². The molecule has 0 aliphatic carbocycles. The minimum absolute atomic E-state index is 0.212. The number of rotatable bonds is 3. The van der Waals surface area contributed by atoms with Gasteiger partial charge in [0.2, 0.25) is 0 Å². The monoisotopic (exact) mass is 209 g/mol. The van der Waals surface area contributed by atoms with Gasteiger partial charge in [-0.15, -0.1) is 0 Å². The number of aryl methyl sites for hydroxylation is 1. The lowest BCUT2D eigenvalue weighted by molar-refractivity contribution is 0.275. The molecule has 3 nitrogen and oxygen atoms in total. The molecule has 1 heterocycles. The van der Waals surface area contributed by atoms with E-state index < -0.39 is 0 Å². The van der Waals surface area contributed by atoms with E-state index in [1.54, 1.807) is 0 Å². The summed E-state index contributed by atoms with van der Waals surface area (Å²) in [6, 6.07) is 0.371. The SMILES string of the molecule is CCNC(c1cnn(C)c1C)C(C)(C)C. The molecular weight excluding hydrogens is 186 g/mol. The average molecular weight is 209 g/mol. The van der Waals surface area contributed by atoms with Crippen LogP contribution in [0.25, 0.3) is 0 Å². The Balaban J connectivity index is 3.05. The molecule has 0 saturated heterocycles. The van der Waals surface area contributed by atoms with Gasteiger partial charge in [-0.1, -0.05) is 27.7 Å². The predicted octanol–water partition coefficient (Wildman–Crippen LogP) is 2.43. The lowest BCUT2D eigenvalue weighted by Crippen LogP contribution is -2.32. The van der Waals surface area contributed by atoms with Gasteiger partial charge in [0.25, 0.3) is 0 Å². The van der Waals surface area contributed by atoms with Gasteiger partial charge >= 0.3 is 0 Å². The summed E-state index contributed by atoms with van der Waals surface area (Å²) in [5.74, 6) is 0. The molecule has 0 radical (unpaired) electrons. The molecule has 1 N–H and O–H groups in total. The molecule has 1 rings (SSSR count). The second-order valence-corrected chi connectivity index (χ2v) is 5.17. The zero-order chi connectivity index (χ0) is 11.6. The van der Waals surface area contributed by atoms with Crippen LogP contribution < -0.4 is 5.32 Å². The zero-order valence-corrected chi connectivity index (χ0v) is 10.8. The van der Waals surface area contributed by atoms with Gasteiger partial charge in [0.15, 0.2) is 0 Å². The van der Waals surface area contributed by atoms with Crippen molar-refractivity contribution in [1.82, 2.24) is 15.1 Å². The van der Waals surface area contributed by atoms with E-state index in [2.05, 4.69) is 45.0 Å². The van der Waals surface area contributed by atoms with E-state index in [9.17, 15) is 0 Å². The summed E-state index contributed by atoms with van der Waals surface area (Å²) in [6.45, 7) is 12.0. The molecule has 0 fully saturated rings. The van der Waals surface area contributed by atoms with Gasteiger partial charge in [-0.25, -0.2) is 0 Å². The molecule has 0 spiro atoms. The largest absolute Gasteiger partial charge is 0.310 e. The Morgan fingerprint density at radius 2 is 2.07 bits per heavy atom. The molecule has 0 aliphatic rings. The highest BCUT2D eigenvalue weighted by Crippen LogP contribution is 2.33. The molecule has 0 amide bonds. The Labute approximate surface area is 92.9 Å². The van der Waals surface area contributed by atoms with Crippen molar-refractivity contribution in [2.75, 3.05) is 6.54 Å². The van der Waals surface area contributed by atoms with Crippen LogP contribution in [0.2, 0.25) is 0 Å². The van der Waals surface area contributed by atoms with Gasteiger partial charge in [0.05, 0.1) is 6.20 Å². The third-order valence-corrected chi connectivity index (χ3v) is 2.86. The predicted molar refractivity (Wildman–Crippen MR) is 63.8 cm³/mol. The fourth-order valence-electron chi connectivity index (χ4n) is 1.89. The van der Waals surface area contributed by atoms with Crippen molar-refractivity contribution < 1.29 is 0 Å².